The van der Waals surface area contributed by atoms with E-state index in [4.69, 9.17) is 23.5 Å². The van der Waals surface area contributed by atoms with Crippen molar-refractivity contribution in [3.63, 3.8) is 0 Å². The maximum atomic E-state index is 11.9. The minimum Gasteiger partial charge on any atom is -0.491 e. The van der Waals surface area contributed by atoms with Crippen molar-refractivity contribution in [3.05, 3.63) is 46.3 Å². The normalized spacial score (nSPS) is 12.0. The number of benzene rings is 1. The van der Waals surface area contributed by atoms with E-state index >= 15 is 0 Å². The number of rotatable bonds is 12. The molecule has 1 aromatic carbocycles. The third-order valence-electron chi connectivity index (χ3n) is 3.71. The summed E-state index contributed by atoms with van der Waals surface area (Å²) < 4.78 is 27.5. The fourth-order valence-corrected chi connectivity index (χ4v) is 2.60. The number of nitrogens with zero attached hydrogens (tertiary/aromatic N) is 1. The van der Waals surface area contributed by atoms with E-state index < -0.39 is 5.92 Å². The van der Waals surface area contributed by atoms with Crippen LogP contribution in [0.4, 0.5) is 0 Å². The van der Waals surface area contributed by atoms with E-state index in [0.717, 1.165) is 15.9 Å². The van der Waals surface area contributed by atoms with Gasteiger partial charge in [0.25, 0.3) is 0 Å². The zero-order valence-electron chi connectivity index (χ0n) is 15.5. The number of carbonyl (C=O) groups is 1. The Bertz CT molecular complexity index is 688. The minimum atomic E-state index is -0.517. The van der Waals surface area contributed by atoms with Crippen molar-refractivity contribution >= 4 is 21.9 Å². The molecule has 1 aromatic heterocycles. The summed E-state index contributed by atoms with van der Waals surface area (Å²) >= 11 is 3.38. The average molecular weight is 442 g/mol. The van der Waals surface area contributed by atoms with Crippen molar-refractivity contribution in [2.75, 3.05) is 40.1 Å². The SMILES string of the molecule is COC(=O)C(CCOCCOCCOc1ccc(Br)cc1)c1cc(C)no1. The number of aryl methyl sites for hydroxylation is 1. The van der Waals surface area contributed by atoms with Crippen LogP contribution in [0.2, 0.25) is 0 Å². The largest absolute Gasteiger partial charge is 0.491 e. The molecule has 148 valence electrons. The second-order valence-electron chi connectivity index (χ2n) is 5.76. The van der Waals surface area contributed by atoms with Crippen LogP contribution >= 0.6 is 15.9 Å². The van der Waals surface area contributed by atoms with Gasteiger partial charge in [-0.15, -0.1) is 0 Å². The van der Waals surface area contributed by atoms with Crippen molar-refractivity contribution in [1.29, 1.82) is 0 Å². The van der Waals surface area contributed by atoms with Gasteiger partial charge in [0.2, 0.25) is 0 Å². The first-order valence-corrected chi connectivity index (χ1v) is 9.44. The molecule has 7 nitrogen and oxygen atoms in total. The lowest BCUT2D eigenvalue weighted by atomic mass is 10.0. The molecule has 27 heavy (non-hydrogen) atoms. The first-order chi connectivity index (χ1) is 13.1. The van der Waals surface area contributed by atoms with Gasteiger partial charge in [0.15, 0.2) is 5.76 Å². The summed E-state index contributed by atoms with van der Waals surface area (Å²) in [6.07, 6.45) is 0.452. The van der Waals surface area contributed by atoms with Crippen LogP contribution in [0.15, 0.2) is 39.3 Å². The number of methoxy groups -OCH3 is 1. The Hall–Kier alpha value is -1.90. The molecule has 8 heteroatoms. The highest BCUT2D eigenvalue weighted by Gasteiger charge is 2.25. The molecule has 0 N–H and O–H groups in total. The summed E-state index contributed by atoms with van der Waals surface area (Å²) in [5.74, 6) is 0.409. The van der Waals surface area contributed by atoms with Gasteiger partial charge < -0.3 is 23.5 Å². The molecule has 0 fully saturated rings. The monoisotopic (exact) mass is 441 g/mol. The molecular formula is C19H24BrNO6. The van der Waals surface area contributed by atoms with Gasteiger partial charge in [-0.3, -0.25) is 4.79 Å². The molecular weight excluding hydrogens is 418 g/mol. The second-order valence-corrected chi connectivity index (χ2v) is 6.68. The van der Waals surface area contributed by atoms with Gasteiger partial charge in [-0.2, -0.15) is 0 Å². The summed E-state index contributed by atoms with van der Waals surface area (Å²) in [5.41, 5.74) is 0.721. The molecule has 1 unspecified atom stereocenters. The van der Waals surface area contributed by atoms with Crippen LogP contribution in [-0.2, 0) is 19.0 Å². The Labute approximate surface area is 167 Å². The zero-order chi connectivity index (χ0) is 19.5. The molecule has 2 rings (SSSR count). The van der Waals surface area contributed by atoms with Gasteiger partial charge in [0.1, 0.15) is 18.3 Å². The topological polar surface area (TPSA) is 80.0 Å². The Balaban J connectivity index is 1.55. The molecule has 0 saturated heterocycles. The van der Waals surface area contributed by atoms with Crippen LogP contribution in [0.3, 0.4) is 0 Å². The summed E-state index contributed by atoms with van der Waals surface area (Å²) in [4.78, 5) is 11.9. The van der Waals surface area contributed by atoms with Crippen molar-refractivity contribution in [1.82, 2.24) is 5.16 Å². The number of esters is 1. The molecule has 0 saturated carbocycles. The van der Waals surface area contributed by atoms with Gasteiger partial charge in [-0.1, -0.05) is 21.1 Å². The maximum absolute atomic E-state index is 11.9. The molecule has 1 atom stereocenters. The predicted molar refractivity (Wildman–Crippen MR) is 102 cm³/mol. The van der Waals surface area contributed by atoms with E-state index in [9.17, 15) is 4.79 Å². The van der Waals surface area contributed by atoms with Crippen LogP contribution in [0.25, 0.3) is 0 Å². The van der Waals surface area contributed by atoms with Crippen molar-refractivity contribution < 1.29 is 28.3 Å². The number of halogens is 1. The third-order valence-corrected chi connectivity index (χ3v) is 4.24. The second kappa shape index (κ2) is 11.7. The molecule has 0 radical (unpaired) electrons. The minimum absolute atomic E-state index is 0.365. The Kier molecular flexibility index (Phi) is 9.30. The number of hydrogen-bond donors (Lipinski definition) is 0. The van der Waals surface area contributed by atoms with Crippen LogP contribution in [-0.4, -0.2) is 51.3 Å². The van der Waals surface area contributed by atoms with Crippen LogP contribution in [0.5, 0.6) is 5.75 Å². The molecule has 1 heterocycles. The van der Waals surface area contributed by atoms with E-state index in [1.807, 2.05) is 24.3 Å². The van der Waals surface area contributed by atoms with Crippen molar-refractivity contribution in [3.8, 4) is 5.75 Å². The highest BCUT2D eigenvalue weighted by molar-refractivity contribution is 9.10. The molecule has 0 spiro atoms. The lowest BCUT2D eigenvalue weighted by Gasteiger charge is -2.12. The average Bonchev–Trinajstić information content (AvgIpc) is 3.10. The third kappa shape index (κ3) is 7.70. The van der Waals surface area contributed by atoms with E-state index in [1.165, 1.54) is 7.11 Å². The lowest BCUT2D eigenvalue weighted by Crippen LogP contribution is -2.17. The molecule has 0 aliphatic carbocycles. The molecule has 0 amide bonds. The van der Waals surface area contributed by atoms with Crippen LogP contribution < -0.4 is 4.74 Å². The number of ether oxygens (including phenoxy) is 4. The van der Waals surface area contributed by atoms with Gasteiger partial charge in [-0.05, 0) is 37.6 Å². The zero-order valence-corrected chi connectivity index (χ0v) is 17.1. The highest BCUT2D eigenvalue weighted by Crippen LogP contribution is 2.22. The van der Waals surface area contributed by atoms with Gasteiger partial charge >= 0.3 is 5.97 Å². The lowest BCUT2D eigenvalue weighted by molar-refractivity contribution is -0.143. The Morgan fingerprint density at radius 3 is 2.41 bits per heavy atom. The van der Waals surface area contributed by atoms with Gasteiger partial charge in [-0.25, -0.2) is 0 Å². The van der Waals surface area contributed by atoms with Gasteiger partial charge in [0.05, 0.1) is 32.6 Å². The summed E-state index contributed by atoms with van der Waals surface area (Å²) in [6.45, 7) is 4.02. The highest BCUT2D eigenvalue weighted by atomic mass is 79.9. The van der Waals surface area contributed by atoms with Crippen molar-refractivity contribution in [2.45, 2.75) is 19.3 Å². The molecule has 0 aliphatic rings. The summed E-state index contributed by atoms with van der Waals surface area (Å²) in [6, 6.07) is 9.36. The van der Waals surface area contributed by atoms with Crippen LogP contribution in [0.1, 0.15) is 23.8 Å². The fourth-order valence-electron chi connectivity index (χ4n) is 2.34. The molecule has 0 bridgehead atoms. The summed E-state index contributed by atoms with van der Waals surface area (Å²) in [7, 11) is 1.35. The first kappa shape index (κ1) is 21.4. The van der Waals surface area contributed by atoms with Crippen molar-refractivity contribution in [2.24, 2.45) is 0 Å². The Morgan fingerprint density at radius 2 is 1.78 bits per heavy atom. The Morgan fingerprint density at radius 1 is 1.11 bits per heavy atom. The number of hydrogen-bond acceptors (Lipinski definition) is 7. The molecule has 2 aromatic rings. The van der Waals surface area contributed by atoms with Gasteiger partial charge in [0, 0.05) is 17.1 Å². The van der Waals surface area contributed by atoms with Crippen LogP contribution in [0, 0.1) is 6.92 Å². The standard InChI is InChI=1S/C19H24BrNO6/c1-14-13-18(27-21-14)17(19(22)23-2)7-8-24-9-10-25-11-12-26-16-5-3-15(20)4-6-16/h3-6,13,17H,7-12H2,1-2H3. The first-order valence-electron chi connectivity index (χ1n) is 8.65. The van der Waals surface area contributed by atoms with E-state index in [0.29, 0.717) is 45.2 Å². The quantitative estimate of drug-likeness (QED) is 0.368. The fraction of sp³-hybridized carbons (Fsp3) is 0.474. The number of aromatic nitrogens is 1. The maximum Gasteiger partial charge on any atom is 0.316 e. The smallest absolute Gasteiger partial charge is 0.316 e. The number of carbonyl (C=O) groups excluding carboxylic acids is 1. The predicted octanol–water partition coefficient (Wildman–Crippen LogP) is 3.50. The van der Waals surface area contributed by atoms with E-state index in [-0.39, 0.29) is 5.97 Å². The van der Waals surface area contributed by atoms with E-state index in [1.54, 1.807) is 13.0 Å². The van der Waals surface area contributed by atoms with E-state index in [2.05, 4.69) is 21.1 Å². The molecule has 0 aliphatic heterocycles. The summed E-state index contributed by atoms with van der Waals surface area (Å²) in [5, 5.41) is 3.81.